The fraction of sp³-hybridized carbons (Fsp3) is 0.464. The van der Waals surface area contributed by atoms with E-state index in [0.29, 0.717) is 5.75 Å². The highest BCUT2D eigenvalue weighted by atomic mass is 16.5. The Labute approximate surface area is 182 Å². The van der Waals surface area contributed by atoms with Crippen molar-refractivity contribution in [2.24, 2.45) is 5.92 Å². The third-order valence-electron chi connectivity index (χ3n) is 6.19. The van der Waals surface area contributed by atoms with Crippen molar-refractivity contribution in [3.63, 3.8) is 0 Å². The van der Waals surface area contributed by atoms with Gasteiger partial charge in [0.15, 0.2) is 0 Å². The molecule has 1 aliphatic rings. The third-order valence-corrected chi connectivity index (χ3v) is 6.19. The van der Waals surface area contributed by atoms with Gasteiger partial charge in [-0.15, -0.1) is 0 Å². The summed E-state index contributed by atoms with van der Waals surface area (Å²) in [4.78, 5) is 11.0. The van der Waals surface area contributed by atoms with Crippen molar-refractivity contribution in [3.05, 3.63) is 60.2 Å². The van der Waals surface area contributed by atoms with E-state index in [0.717, 1.165) is 11.5 Å². The molecule has 0 saturated heterocycles. The van der Waals surface area contributed by atoms with Gasteiger partial charge in [0.25, 0.3) is 0 Å². The highest BCUT2D eigenvalue weighted by Gasteiger charge is 2.15. The van der Waals surface area contributed by atoms with E-state index in [1.807, 2.05) is 24.3 Å². The van der Waals surface area contributed by atoms with Gasteiger partial charge in [-0.25, -0.2) is 0 Å². The Morgan fingerprint density at radius 1 is 0.867 bits per heavy atom. The standard InChI is InChI=1S/C28H36O2/c1-3-4-5-6-7-8-9-23-10-12-24(13-11-23)25-14-16-26(17-15-25)27-18-20-28(21-19-27)30-22(2)29/h12,14-21,23H,3-11,13H2,1-2H3. The van der Waals surface area contributed by atoms with Gasteiger partial charge in [-0.05, 0) is 59.6 Å². The molecule has 0 N–H and O–H groups in total. The SMILES string of the molecule is CCCCCCCCC1CC=C(c2ccc(-c3ccc(OC(C)=O)cc3)cc2)CC1. The number of carbonyl (C=O) groups is 1. The molecule has 1 atom stereocenters. The minimum atomic E-state index is -0.290. The molecule has 0 aromatic heterocycles. The molecular formula is C28H36O2. The van der Waals surface area contributed by atoms with Gasteiger partial charge in [-0.1, -0.05) is 94.3 Å². The molecule has 2 heteroatoms. The van der Waals surface area contributed by atoms with Crippen LogP contribution in [0, 0.1) is 5.92 Å². The van der Waals surface area contributed by atoms with Crippen molar-refractivity contribution in [3.8, 4) is 16.9 Å². The third kappa shape index (κ3) is 6.86. The fourth-order valence-electron chi connectivity index (χ4n) is 4.38. The van der Waals surface area contributed by atoms with Crippen LogP contribution in [0.5, 0.6) is 5.75 Å². The summed E-state index contributed by atoms with van der Waals surface area (Å²) < 4.78 is 5.11. The molecule has 1 unspecified atom stereocenters. The zero-order valence-corrected chi connectivity index (χ0v) is 18.7. The zero-order valence-electron chi connectivity index (χ0n) is 18.7. The Morgan fingerprint density at radius 2 is 1.47 bits per heavy atom. The maximum Gasteiger partial charge on any atom is 0.308 e. The Kier molecular flexibility index (Phi) is 8.74. The quantitative estimate of drug-likeness (QED) is 0.226. The number of hydrogen-bond donors (Lipinski definition) is 0. The molecule has 2 aromatic carbocycles. The normalized spacial score (nSPS) is 16.2. The van der Waals surface area contributed by atoms with Crippen LogP contribution in [0.15, 0.2) is 54.6 Å². The van der Waals surface area contributed by atoms with Gasteiger partial charge in [0.05, 0.1) is 0 Å². The van der Waals surface area contributed by atoms with E-state index in [9.17, 15) is 4.79 Å². The first-order chi connectivity index (χ1) is 14.7. The number of esters is 1. The van der Waals surface area contributed by atoms with E-state index in [-0.39, 0.29) is 5.97 Å². The van der Waals surface area contributed by atoms with E-state index in [1.54, 1.807) is 0 Å². The van der Waals surface area contributed by atoms with Crippen LogP contribution in [-0.4, -0.2) is 5.97 Å². The van der Waals surface area contributed by atoms with Gasteiger partial charge < -0.3 is 4.74 Å². The molecule has 0 aliphatic heterocycles. The predicted octanol–water partition coefficient (Wildman–Crippen LogP) is 8.21. The summed E-state index contributed by atoms with van der Waals surface area (Å²) in [5.74, 6) is 1.18. The molecule has 0 saturated carbocycles. The molecule has 0 bridgehead atoms. The summed E-state index contributed by atoms with van der Waals surface area (Å²) in [6.07, 6.45) is 16.0. The Hall–Kier alpha value is -2.35. The van der Waals surface area contributed by atoms with Crippen molar-refractivity contribution >= 4 is 11.5 Å². The molecule has 160 valence electrons. The van der Waals surface area contributed by atoms with Crippen LogP contribution in [0.4, 0.5) is 0 Å². The predicted molar refractivity (Wildman–Crippen MR) is 126 cm³/mol. The average Bonchev–Trinajstić information content (AvgIpc) is 2.77. The van der Waals surface area contributed by atoms with Crippen molar-refractivity contribution in [2.75, 3.05) is 0 Å². The molecule has 3 rings (SSSR count). The van der Waals surface area contributed by atoms with Crippen LogP contribution >= 0.6 is 0 Å². The molecule has 0 fully saturated rings. The van der Waals surface area contributed by atoms with Gasteiger partial charge in [0, 0.05) is 6.92 Å². The summed E-state index contributed by atoms with van der Waals surface area (Å²) in [6.45, 7) is 3.70. The fourth-order valence-corrected chi connectivity index (χ4v) is 4.38. The highest BCUT2D eigenvalue weighted by molar-refractivity contribution is 5.72. The lowest BCUT2D eigenvalue weighted by Crippen LogP contribution is -2.05. The lowest BCUT2D eigenvalue weighted by molar-refractivity contribution is -0.131. The van der Waals surface area contributed by atoms with Gasteiger partial charge in [0.1, 0.15) is 5.75 Å². The first kappa shape index (κ1) is 22.3. The number of rotatable bonds is 10. The first-order valence-corrected chi connectivity index (χ1v) is 11.7. The molecule has 0 spiro atoms. The summed E-state index contributed by atoms with van der Waals surface area (Å²) >= 11 is 0. The lowest BCUT2D eigenvalue weighted by atomic mass is 9.83. The van der Waals surface area contributed by atoms with Crippen LogP contribution < -0.4 is 4.74 Å². The molecule has 1 aliphatic carbocycles. The van der Waals surface area contributed by atoms with Gasteiger partial charge in [0.2, 0.25) is 0 Å². The number of ether oxygens (including phenoxy) is 1. The van der Waals surface area contributed by atoms with Crippen LogP contribution in [0.2, 0.25) is 0 Å². The van der Waals surface area contributed by atoms with Crippen LogP contribution in [0.25, 0.3) is 16.7 Å². The van der Waals surface area contributed by atoms with E-state index in [4.69, 9.17) is 4.74 Å². The molecule has 0 radical (unpaired) electrons. The molecule has 0 heterocycles. The summed E-state index contributed by atoms with van der Waals surface area (Å²) in [5, 5.41) is 0. The second kappa shape index (κ2) is 11.7. The van der Waals surface area contributed by atoms with E-state index >= 15 is 0 Å². The number of hydrogen-bond acceptors (Lipinski definition) is 2. The number of unbranched alkanes of at least 4 members (excludes halogenated alkanes) is 5. The molecule has 0 amide bonds. The highest BCUT2D eigenvalue weighted by Crippen LogP contribution is 2.34. The van der Waals surface area contributed by atoms with Crippen molar-refractivity contribution < 1.29 is 9.53 Å². The Balaban J connectivity index is 1.49. The zero-order chi connectivity index (χ0) is 21.2. The van der Waals surface area contributed by atoms with Crippen LogP contribution in [-0.2, 0) is 4.79 Å². The number of carbonyl (C=O) groups excluding carboxylic acids is 1. The second-order valence-electron chi connectivity index (χ2n) is 8.62. The maximum absolute atomic E-state index is 11.0. The first-order valence-electron chi connectivity index (χ1n) is 11.7. The van der Waals surface area contributed by atoms with Gasteiger partial charge in [-0.3, -0.25) is 4.79 Å². The maximum atomic E-state index is 11.0. The van der Waals surface area contributed by atoms with Gasteiger partial charge in [-0.2, -0.15) is 0 Å². The van der Waals surface area contributed by atoms with Crippen molar-refractivity contribution in [1.29, 1.82) is 0 Å². The lowest BCUT2D eigenvalue weighted by Gasteiger charge is -2.22. The van der Waals surface area contributed by atoms with Crippen LogP contribution in [0.3, 0.4) is 0 Å². The van der Waals surface area contributed by atoms with Crippen molar-refractivity contribution in [2.45, 2.75) is 78.1 Å². The molecule has 2 aromatic rings. The smallest absolute Gasteiger partial charge is 0.308 e. The summed E-state index contributed by atoms with van der Waals surface area (Å²) in [7, 11) is 0. The molecular weight excluding hydrogens is 368 g/mol. The van der Waals surface area contributed by atoms with Gasteiger partial charge >= 0.3 is 5.97 Å². The van der Waals surface area contributed by atoms with E-state index in [2.05, 4.69) is 37.3 Å². The van der Waals surface area contributed by atoms with Crippen LogP contribution in [0.1, 0.15) is 83.6 Å². The summed E-state index contributed by atoms with van der Waals surface area (Å²) in [6, 6.07) is 16.6. The largest absolute Gasteiger partial charge is 0.427 e. The average molecular weight is 405 g/mol. The molecule has 30 heavy (non-hydrogen) atoms. The van der Waals surface area contributed by atoms with Crippen molar-refractivity contribution in [1.82, 2.24) is 0 Å². The van der Waals surface area contributed by atoms with E-state index in [1.165, 1.54) is 87.8 Å². The number of benzene rings is 2. The Bertz CT molecular complexity index is 815. The second-order valence-corrected chi connectivity index (χ2v) is 8.62. The van der Waals surface area contributed by atoms with E-state index < -0.39 is 0 Å². The minimum Gasteiger partial charge on any atom is -0.427 e. The topological polar surface area (TPSA) is 26.3 Å². The molecule has 2 nitrogen and oxygen atoms in total. The number of allylic oxidation sites excluding steroid dienone is 2. The Morgan fingerprint density at radius 3 is 2.07 bits per heavy atom. The summed E-state index contributed by atoms with van der Waals surface area (Å²) in [5.41, 5.74) is 5.18. The minimum absolute atomic E-state index is 0.290. The monoisotopic (exact) mass is 404 g/mol.